The van der Waals surface area contributed by atoms with Crippen LogP contribution >= 0.6 is 0 Å². The van der Waals surface area contributed by atoms with E-state index in [9.17, 15) is 4.79 Å². The van der Waals surface area contributed by atoms with E-state index in [1.807, 2.05) is 6.29 Å². The minimum atomic E-state index is 0.400. The highest BCUT2D eigenvalue weighted by Crippen LogP contribution is 2.27. The summed E-state index contributed by atoms with van der Waals surface area (Å²) in [4.78, 5) is 21.4. The molecule has 3 rings (SSSR count). The van der Waals surface area contributed by atoms with E-state index in [0.717, 1.165) is 45.4 Å². The van der Waals surface area contributed by atoms with Crippen molar-refractivity contribution in [2.45, 2.75) is 58.9 Å². The van der Waals surface area contributed by atoms with Gasteiger partial charge in [0, 0.05) is 38.6 Å². The molecule has 1 fully saturated rings. The molecule has 0 aromatic carbocycles. The van der Waals surface area contributed by atoms with E-state index in [4.69, 9.17) is 0 Å². The monoisotopic (exact) mass is 396 g/mol. The second-order valence-electron chi connectivity index (χ2n) is 8.47. The fraction of sp³-hybridized carbons (Fsp3) is 0.609. The molecular weight excluding hydrogens is 362 g/mol. The molecule has 0 radical (unpaired) electrons. The van der Waals surface area contributed by atoms with Crippen molar-refractivity contribution >= 4 is 12.2 Å². The molecule has 0 bridgehead atoms. The van der Waals surface area contributed by atoms with Crippen LogP contribution in [0.3, 0.4) is 0 Å². The van der Waals surface area contributed by atoms with Crippen LogP contribution in [-0.4, -0.2) is 40.5 Å². The summed E-state index contributed by atoms with van der Waals surface area (Å²) in [6, 6.07) is 0. The van der Waals surface area contributed by atoms with Crippen molar-refractivity contribution < 1.29 is 4.79 Å². The first kappa shape index (κ1) is 21.5. The lowest BCUT2D eigenvalue weighted by Gasteiger charge is -2.32. The first-order valence-corrected chi connectivity index (χ1v) is 10.9. The molecule has 0 unspecified atom stereocenters. The van der Waals surface area contributed by atoms with Gasteiger partial charge >= 0.3 is 0 Å². The molecule has 0 saturated carbocycles. The van der Waals surface area contributed by atoms with Crippen LogP contribution in [0.5, 0.6) is 0 Å². The van der Waals surface area contributed by atoms with Crippen molar-refractivity contribution in [2.24, 2.45) is 13.0 Å². The molecule has 158 valence electrons. The van der Waals surface area contributed by atoms with Gasteiger partial charge in [0.2, 0.25) is 0 Å². The maximum Gasteiger partial charge on any atom is 0.200 e. The van der Waals surface area contributed by atoms with Gasteiger partial charge in [0.1, 0.15) is 0 Å². The van der Waals surface area contributed by atoms with Gasteiger partial charge in [0.25, 0.3) is 0 Å². The summed E-state index contributed by atoms with van der Waals surface area (Å²) in [5, 5.41) is 3.71. The van der Waals surface area contributed by atoms with Gasteiger partial charge in [-0.1, -0.05) is 39.6 Å². The van der Waals surface area contributed by atoms with E-state index in [1.165, 1.54) is 23.2 Å². The van der Waals surface area contributed by atoms with Gasteiger partial charge in [0.15, 0.2) is 5.95 Å². The SMILES string of the molecule is CCCc1c(C(C)C)c(CNCC2CCN(c3ncc([C-]=O)cn3)CC2)cn1C. The van der Waals surface area contributed by atoms with E-state index in [0.29, 0.717) is 23.3 Å². The first-order valence-electron chi connectivity index (χ1n) is 10.9. The van der Waals surface area contributed by atoms with Crippen LogP contribution in [0.15, 0.2) is 18.6 Å². The molecule has 1 saturated heterocycles. The van der Waals surface area contributed by atoms with E-state index in [1.54, 1.807) is 12.4 Å². The quantitative estimate of drug-likeness (QED) is 0.659. The third-order valence-corrected chi connectivity index (χ3v) is 5.90. The molecule has 29 heavy (non-hydrogen) atoms. The summed E-state index contributed by atoms with van der Waals surface area (Å²) in [7, 11) is 2.18. The Kier molecular flexibility index (Phi) is 7.42. The number of aromatic nitrogens is 3. The van der Waals surface area contributed by atoms with Crippen LogP contribution < -0.4 is 10.2 Å². The van der Waals surface area contributed by atoms with E-state index < -0.39 is 0 Å². The van der Waals surface area contributed by atoms with Crippen molar-refractivity contribution in [3.8, 4) is 0 Å². The maximum absolute atomic E-state index is 10.6. The van der Waals surface area contributed by atoms with Gasteiger partial charge in [-0.05, 0) is 48.8 Å². The van der Waals surface area contributed by atoms with Crippen LogP contribution in [0.4, 0.5) is 5.95 Å². The largest absolute Gasteiger partial charge is 0.376 e. The molecule has 0 atom stereocenters. The second-order valence-corrected chi connectivity index (χ2v) is 8.47. The van der Waals surface area contributed by atoms with E-state index in [2.05, 4.69) is 58.8 Å². The first-order chi connectivity index (χ1) is 14.0. The third-order valence-electron chi connectivity index (χ3n) is 5.90. The molecule has 0 aliphatic carbocycles. The van der Waals surface area contributed by atoms with Gasteiger partial charge in [-0.3, -0.25) is 9.97 Å². The Labute approximate surface area is 174 Å². The average molecular weight is 397 g/mol. The summed E-state index contributed by atoms with van der Waals surface area (Å²) >= 11 is 0. The lowest BCUT2D eigenvalue weighted by molar-refractivity contribution is 0.380. The Balaban J connectivity index is 1.49. The molecule has 0 amide bonds. The molecule has 6 nitrogen and oxygen atoms in total. The summed E-state index contributed by atoms with van der Waals surface area (Å²) in [5.74, 6) is 1.95. The lowest BCUT2D eigenvalue weighted by atomic mass is 9.95. The third kappa shape index (κ3) is 5.24. The van der Waals surface area contributed by atoms with Crippen molar-refractivity contribution in [1.29, 1.82) is 0 Å². The molecule has 1 N–H and O–H groups in total. The standard InChI is InChI=1S/C23H34N5O/c1-5-6-21-22(17(2)3)20(15-27(21)4)14-24-11-18-7-9-28(10-8-18)23-25-12-19(16-29)13-26-23/h12-13,15,17-18,24H,5-11,14H2,1-4H3/q-1. The van der Waals surface area contributed by atoms with Gasteiger partial charge in [-0.15, -0.1) is 5.56 Å². The average Bonchev–Trinajstić information content (AvgIpc) is 3.04. The van der Waals surface area contributed by atoms with Crippen LogP contribution in [-0.2, 0) is 24.8 Å². The molecule has 2 aromatic heterocycles. The van der Waals surface area contributed by atoms with E-state index >= 15 is 0 Å². The zero-order valence-corrected chi connectivity index (χ0v) is 18.2. The van der Waals surface area contributed by atoms with Gasteiger partial charge < -0.3 is 19.6 Å². The maximum atomic E-state index is 10.6. The van der Waals surface area contributed by atoms with Gasteiger partial charge in [-0.25, -0.2) is 0 Å². The zero-order chi connectivity index (χ0) is 20.8. The highest BCUT2D eigenvalue weighted by atomic mass is 16.1. The van der Waals surface area contributed by atoms with Crippen LogP contribution in [0.25, 0.3) is 0 Å². The number of hydrogen-bond donors (Lipinski definition) is 1. The number of anilines is 1. The minimum absolute atomic E-state index is 0.400. The highest BCUT2D eigenvalue weighted by Gasteiger charge is 2.21. The number of aryl methyl sites for hydroxylation is 1. The summed E-state index contributed by atoms with van der Waals surface area (Å²) in [5.41, 5.74) is 4.87. The molecule has 3 heterocycles. The number of nitrogens with one attached hydrogen (secondary N) is 1. The minimum Gasteiger partial charge on any atom is -0.376 e. The lowest BCUT2D eigenvalue weighted by Crippen LogP contribution is -2.38. The molecule has 0 spiro atoms. The summed E-state index contributed by atoms with van der Waals surface area (Å²) in [6.45, 7) is 10.8. The second kappa shape index (κ2) is 10.0. The Morgan fingerprint density at radius 3 is 2.52 bits per heavy atom. The Bertz CT molecular complexity index is 788. The van der Waals surface area contributed by atoms with Crippen LogP contribution in [0.1, 0.15) is 68.3 Å². The smallest absolute Gasteiger partial charge is 0.200 e. The number of piperidine rings is 1. The predicted octanol–water partition coefficient (Wildman–Crippen LogP) is 3.36. The fourth-order valence-corrected chi connectivity index (χ4v) is 4.43. The highest BCUT2D eigenvalue weighted by molar-refractivity contribution is 5.74. The van der Waals surface area contributed by atoms with Crippen LogP contribution in [0, 0.1) is 5.92 Å². The van der Waals surface area contributed by atoms with E-state index in [-0.39, 0.29) is 0 Å². The topological polar surface area (TPSA) is 63.1 Å². The normalized spacial score (nSPS) is 15.3. The Hall–Kier alpha value is -2.21. The number of hydrogen-bond acceptors (Lipinski definition) is 5. The fourth-order valence-electron chi connectivity index (χ4n) is 4.43. The summed E-state index contributed by atoms with van der Waals surface area (Å²) in [6.07, 6.45) is 11.8. The molecule has 1 aliphatic heterocycles. The van der Waals surface area contributed by atoms with Crippen molar-refractivity contribution in [1.82, 2.24) is 19.9 Å². The number of nitrogens with zero attached hydrogens (tertiary/aromatic N) is 4. The van der Waals surface area contributed by atoms with Crippen molar-refractivity contribution in [3.05, 3.63) is 41.0 Å². The summed E-state index contributed by atoms with van der Waals surface area (Å²) < 4.78 is 2.32. The van der Waals surface area contributed by atoms with Gasteiger partial charge in [0.05, 0.1) is 6.29 Å². The molecule has 6 heteroatoms. The number of carbonyl (C=O) groups excluding carboxylic acids is 1. The predicted molar refractivity (Wildman–Crippen MR) is 117 cm³/mol. The van der Waals surface area contributed by atoms with Crippen molar-refractivity contribution in [3.63, 3.8) is 0 Å². The van der Waals surface area contributed by atoms with Gasteiger partial charge in [-0.2, -0.15) is 0 Å². The Morgan fingerprint density at radius 2 is 1.93 bits per heavy atom. The molecule has 1 aliphatic rings. The Morgan fingerprint density at radius 1 is 1.24 bits per heavy atom. The van der Waals surface area contributed by atoms with Crippen LogP contribution in [0.2, 0.25) is 0 Å². The number of rotatable bonds is 9. The zero-order valence-electron chi connectivity index (χ0n) is 18.2. The molecule has 2 aromatic rings. The van der Waals surface area contributed by atoms with Crippen molar-refractivity contribution in [2.75, 3.05) is 24.5 Å². The molecular formula is C23H34N5O-.